The fourth-order valence-corrected chi connectivity index (χ4v) is 3.82. The van der Waals surface area contributed by atoms with Gasteiger partial charge in [-0.25, -0.2) is 4.98 Å². The van der Waals surface area contributed by atoms with Crippen LogP contribution in [0.3, 0.4) is 0 Å². The van der Waals surface area contributed by atoms with Gasteiger partial charge in [-0.2, -0.15) is 9.78 Å². The zero-order valence-electron chi connectivity index (χ0n) is 19.8. The molecule has 7 heteroatoms. The molecule has 0 N–H and O–H groups in total. The number of benzene rings is 3. The van der Waals surface area contributed by atoms with Gasteiger partial charge >= 0.3 is 0 Å². The van der Waals surface area contributed by atoms with Crippen LogP contribution in [0.2, 0.25) is 0 Å². The number of para-hydroxylation sites is 1. The van der Waals surface area contributed by atoms with Crippen LogP contribution in [0, 0.1) is 0 Å². The molecule has 176 valence electrons. The maximum Gasteiger partial charge on any atom is 0.282 e. The molecule has 0 aliphatic heterocycles. The predicted octanol–water partition coefficient (Wildman–Crippen LogP) is 5.88. The number of aromatic nitrogens is 2. The van der Waals surface area contributed by atoms with E-state index in [2.05, 4.69) is 12.0 Å². The Morgan fingerprint density at radius 3 is 2.71 bits per heavy atom. The summed E-state index contributed by atoms with van der Waals surface area (Å²) in [6.45, 7) is 4.10. The molecular weight excluding hydrogens is 442 g/mol. The Morgan fingerprint density at radius 1 is 1.06 bits per heavy atom. The summed E-state index contributed by atoms with van der Waals surface area (Å²) in [4.78, 5) is 18.2. The molecule has 0 amide bonds. The first kappa shape index (κ1) is 22.4. The van der Waals surface area contributed by atoms with Crippen LogP contribution < -0.4 is 15.0 Å². The summed E-state index contributed by atoms with van der Waals surface area (Å²) >= 11 is 0. The van der Waals surface area contributed by atoms with E-state index in [0.29, 0.717) is 33.8 Å². The van der Waals surface area contributed by atoms with E-state index in [9.17, 15) is 4.79 Å². The highest BCUT2D eigenvalue weighted by Gasteiger charge is 2.17. The normalized spacial score (nSPS) is 12.4. The fraction of sp³-hybridized carbons (Fsp3) is 0.179. The van der Waals surface area contributed by atoms with Crippen molar-refractivity contribution >= 4 is 28.1 Å². The first-order chi connectivity index (χ1) is 17.1. The van der Waals surface area contributed by atoms with Crippen molar-refractivity contribution in [1.82, 2.24) is 9.66 Å². The molecule has 2 aromatic heterocycles. The van der Waals surface area contributed by atoms with Crippen molar-refractivity contribution in [3.05, 3.63) is 88.7 Å². The highest BCUT2D eigenvalue weighted by molar-refractivity contribution is 5.88. The lowest BCUT2D eigenvalue weighted by atomic mass is 10.2. The first-order valence-corrected chi connectivity index (χ1v) is 11.5. The van der Waals surface area contributed by atoms with Crippen LogP contribution in [0.4, 0.5) is 0 Å². The third-order valence-electron chi connectivity index (χ3n) is 5.81. The lowest BCUT2D eigenvalue weighted by Gasteiger charge is -2.12. The van der Waals surface area contributed by atoms with Crippen LogP contribution in [0.15, 0.2) is 87.1 Å². The van der Waals surface area contributed by atoms with Gasteiger partial charge in [0.15, 0.2) is 5.76 Å². The number of furan rings is 1. The molecule has 0 saturated heterocycles. The van der Waals surface area contributed by atoms with Crippen molar-refractivity contribution in [2.45, 2.75) is 26.4 Å². The molecule has 5 aromatic rings. The molecule has 0 bridgehead atoms. The highest BCUT2D eigenvalue weighted by Crippen LogP contribution is 2.32. The molecule has 5 rings (SSSR count). The fourth-order valence-electron chi connectivity index (χ4n) is 3.82. The topological polar surface area (TPSA) is 78.8 Å². The number of methoxy groups -OCH3 is 1. The van der Waals surface area contributed by atoms with Gasteiger partial charge in [0, 0.05) is 0 Å². The van der Waals surface area contributed by atoms with Crippen LogP contribution in [0.25, 0.3) is 33.5 Å². The lowest BCUT2D eigenvalue weighted by Crippen LogP contribution is -2.20. The summed E-state index contributed by atoms with van der Waals surface area (Å²) in [6.07, 6.45) is 2.63. The van der Waals surface area contributed by atoms with E-state index in [1.165, 1.54) is 4.68 Å². The van der Waals surface area contributed by atoms with E-state index in [0.717, 1.165) is 23.1 Å². The van der Waals surface area contributed by atoms with E-state index < -0.39 is 0 Å². The van der Waals surface area contributed by atoms with E-state index in [-0.39, 0.29) is 11.7 Å². The van der Waals surface area contributed by atoms with Gasteiger partial charge < -0.3 is 13.9 Å². The van der Waals surface area contributed by atoms with Crippen LogP contribution in [-0.2, 0) is 0 Å². The second-order valence-corrected chi connectivity index (χ2v) is 8.21. The minimum atomic E-state index is -0.290. The number of hydrogen-bond donors (Lipinski definition) is 0. The Bertz CT molecular complexity index is 1600. The van der Waals surface area contributed by atoms with Gasteiger partial charge in [0.1, 0.15) is 17.1 Å². The third-order valence-corrected chi connectivity index (χ3v) is 5.81. The minimum Gasteiger partial charge on any atom is -0.496 e. The second-order valence-electron chi connectivity index (χ2n) is 8.21. The zero-order chi connectivity index (χ0) is 24.4. The summed E-state index contributed by atoms with van der Waals surface area (Å²) in [5.41, 5.74) is 1.70. The molecular formula is C28H25N3O4. The smallest absolute Gasteiger partial charge is 0.282 e. The number of nitrogens with zero attached hydrogens (tertiary/aromatic N) is 3. The molecule has 35 heavy (non-hydrogen) atoms. The molecule has 0 fully saturated rings. The third kappa shape index (κ3) is 4.40. The van der Waals surface area contributed by atoms with Crippen molar-refractivity contribution in [2.75, 3.05) is 7.11 Å². The first-order valence-electron chi connectivity index (χ1n) is 11.5. The van der Waals surface area contributed by atoms with Crippen LogP contribution in [-0.4, -0.2) is 29.1 Å². The Kier molecular flexibility index (Phi) is 6.06. The van der Waals surface area contributed by atoms with Gasteiger partial charge in [0.2, 0.25) is 5.82 Å². The van der Waals surface area contributed by atoms with Gasteiger partial charge in [-0.05, 0) is 61.4 Å². The maximum atomic E-state index is 13.5. The molecule has 7 nitrogen and oxygen atoms in total. The van der Waals surface area contributed by atoms with Crippen molar-refractivity contribution in [2.24, 2.45) is 5.10 Å². The van der Waals surface area contributed by atoms with Gasteiger partial charge in [-0.15, -0.1) is 0 Å². The largest absolute Gasteiger partial charge is 0.496 e. The molecule has 0 saturated carbocycles. The van der Waals surface area contributed by atoms with Crippen molar-refractivity contribution < 1.29 is 13.9 Å². The molecule has 0 radical (unpaired) electrons. The Balaban J connectivity index is 1.64. The van der Waals surface area contributed by atoms with Gasteiger partial charge in [0.05, 0.1) is 35.7 Å². The quantitative estimate of drug-likeness (QED) is 0.279. The molecule has 0 spiro atoms. The summed E-state index contributed by atoms with van der Waals surface area (Å²) in [7, 11) is 1.61. The van der Waals surface area contributed by atoms with Crippen LogP contribution >= 0.6 is 0 Å². The molecule has 0 aliphatic carbocycles. The van der Waals surface area contributed by atoms with Crippen molar-refractivity contribution in [1.29, 1.82) is 0 Å². The molecule has 2 heterocycles. The average Bonchev–Trinajstić information content (AvgIpc) is 3.32. The van der Waals surface area contributed by atoms with Gasteiger partial charge in [-0.3, -0.25) is 4.79 Å². The molecule has 0 aliphatic rings. The average molecular weight is 468 g/mol. The van der Waals surface area contributed by atoms with E-state index in [4.69, 9.17) is 18.9 Å². The summed E-state index contributed by atoms with van der Waals surface area (Å²) < 4.78 is 18.7. The van der Waals surface area contributed by atoms with Gasteiger partial charge in [-0.1, -0.05) is 37.3 Å². The number of fused-ring (bicyclic) bond motifs is 2. The van der Waals surface area contributed by atoms with E-state index in [1.807, 2.05) is 61.5 Å². The van der Waals surface area contributed by atoms with E-state index in [1.54, 1.807) is 31.5 Å². The lowest BCUT2D eigenvalue weighted by molar-refractivity contribution is 0.217. The number of ether oxygens (including phenoxy) is 2. The summed E-state index contributed by atoms with van der Waals surface area (Å²) in [6, 6.07) is 22.1. The number of hydrogen-bond acceptors (Lipinski definition) is 6. The maximum absolute atomic E-state index is 13.5. The van der Waals surface area contributed by atoms with Crippen LogP contribution in [0.5, 0.6) is 11.5 Å². The Hall–Kier alpha value is -4.39. The Morgan fingerprint density at radius 2 is 1.89 bits per heavy atom. The van der Waals surface area contributed by atoms with Gasteiger partial charge in [0.25, 0.3) is 5.56 Å². The molecule has 1 atom stereocenters. The molecule has 0 unspecified atom stereocenters. The highest BCUT2D eigenvalue weighted by atomic mass is 16.5. The number of rotatable bonds is 7. The van der Waals surface area contributed by atoms with Crippen LogP contribution in [0.1, 0.15) is 25.8 Å². The zero-order valence-corrected chi connectivity index (χ0v) is 19.8. The van der Waals surface area contributed by atoms with Crippen molar-refractivity contribution in [3.8, 4) is 23.1 Å². The molecule has 3 aromatic carbocycles. The summed E-state index contributed by atoms with van der Waals surface area (Å²) in [5, 5.41) is 5.78. The van der Waals surface area contributed by atoms with Crippen molar-refractivity contribution in [3.63, 3.8) is 0 Å². The standard InChI is InChI=1S/C28H25N3O4/c1-4-18(2)34-20-10-7-9-19(15-20)17-29-31-27(30-23-12-6-5-11-21(23)28(31)32)26-16-22-24(33-3)13-8-14-25(22)35-26/h5-18H,4H2,1-3H3/t18-/m0/s1. The predicted molar refractivity (Wildman–Crippen MR) is 138 cm³/mol. The summed E-state index contributed by atoms with van der Waals surface area (Å²) in [5.74, 6) is 2.14. The second kappa shape index (κ2) is 9.46. The minimum absolute atomic E-state index is 0.103. The van der Waals surface area contributed by atoms with E-state index >= 15 is 0 Å². The monoisotopic (exact) mass is 467 g/mol. The SMILES string of the molecule is CC[C@H](C)Oc1cccc(C=Nn2c(-c3cc4c(OC)cccc4o3)nc3ccccc3c2=O)c1. The Labute approximate surface area is 202 Å².